The molecule has 1 aromatic heterocycles. The molecule has 1 aromatic carbocycles. The molecule has 0 aliphatic rings. The Morgan fingerprint density at radius 3 is 2.81 bits per heavy atom. The minimum atomic E-state index is 0.535. The van der Waals surface area contributed by atoms with Crippen molar-refractivity contribution in [2.75, 3.05) is 11.1 Å². The van der Waals surface area contributed by atoms with Gasteiger partial charge in [0.2, 0.25) is 0 Å². The van der Waals surface area contributed by atoms with Crippen molar-refractivity contribution in [1.82, 2.24) is 4.98 Å². The number of anilines is 3. The van der Waals surface area contributed by atoms with Gasteiger partial charge in [0.1, 0.15) is 0 Å². The van der Waals surface area contributed by atoms with Crippen molar-refractivity contribution in [3.8, 4) is 0 Å². The smallest absolute Gasteiger partial charge is 0.153 e. The van der Waals surface area contributed by atoms with Gasteiger partial charge < -0.3 is 11.1 Å². The van der Waals surface area contributed by atoms with Gasteiger partial charge >= 0.3 is 0 Å². The summed E-state index contributed by atoms with van der Waals surface area (Å²) in [5.74, 6) is 0.620. The monoisotopic (exact) mass is 233 g/mol. The molecule has 0 amide bonds. The summed E-state index contributed by atoms with van der Waals surface area (Å²) >= 11 is 5.77. The van der Waals surface area contributed by atoms with Crippen LogP contribution in [0.25, 0.3) is 0 Å². The highest BCUT2D eigenvalue weighted by Crippen LogP contribution is 2.23. The summed E-state index contributed by atoms with van der Waals surface area (Å²) in [5, 5.41) is 3.68. The molecule has 2 rings (SSSR count). The molecule has 0 bridgehead atoms. The number of pyridine rings is 1. The van der Waals surface area contributed by atoms with Gasteiger partial charge in [0.15, 0.2) is 5.82 Å². The van der Waals surface area contributed by atoms with E-state index in [1.54, 1.807) is 12.3 Å². The van der Waals surface area contributed by atoms with E-state index in [-0.39, 0.29) is 0 Å². The van der Waals surface area contributed by atoms with E-state index in [2.05, 4.69) is 10.3 Å². The molecule has 1 heterocycles. The minimum absolute atomic E-state index is 0.535. The molecule has 0 aliphatic heterocycles. The van der Waals surface area contributed by atoms with Crippen LogP contribution in [0.2, 0.25) is 5.02 Å². The van der Waals surface area contributed by atoms with E-state index in [1.165, 1.54) is 5.56 Å². The summed E-state index contributed by atoms with van der Waals surface area (Å²) < 4.78 is 0. The number of benzene rings is 1. The first-order chi connectivity index (χ1) is 7.65. The molecule has 0 saturated carbocycles. The number of hydrogen-bond donors (Lipinski definition) is 2. The third-order valence-corrected chi connectivity index (χ3v) is 2.37. The van der Waals surface area contributed by atoms with Crippen LogP contribution in [-0.4, -0.2) is 4.98 Å². The van der Waals surface area contributed by atoms with Crippen LogP contribution >= 0.6 is 11.6 Å². The fourth-order valence-corrected chi connectivity index (χ4v) is 1.59. The number of nitrogens with one attached hydrogen (secondary N) is 1. The Kier molecular flexibility index (Phi) is 2.97. The Bertz CT molecular complexity index is 511. The van der Waals surface area contributed by atoms with Gasteiger partial charge in [-0.15, -0.1) is 0 Å². The number of aryl methyl sites for hydroxylation is 1. The van der Waals surface area contributed by atoms with Crippen LogP contribution in [0.4, 0.5) is 17.2 Å². The molecular weight excluding hydrogens is 222 g/mol. The predicted octanol–water partition coefficient (Wildman–Crippen LogP) is 3.37. The molecule has 0 unspecified atom stereocenters. The molecule has 0 radical (unpaired) electrons. The first kappa shape index (κ1) is 10.8. The molecule has 0 saturated heterocycles. The zero-order chi connectivity index (χ0) is 11.5. The van der Waals surface area contributed by atoms with Crippen molar-refractivity contribution in [2.45, 2.75) is 6.92 Å². The van der Waals surface area contributed by atoms with Crippen molar-refractivity contribution in [3.05, 3.63) is 47.1 Å². The topological polar surface area (TPSA) is 50.9 Å². The van der Waals surface area contributed by atoms with E-state index in [1.807, 2.05) is 31.2 Å². The zero-order valence-electron chi connectivity index (χ0n) is 8.87. The molecule has 82 valence electrons. The quantitative estimate of drug-likeness (QED) is 0.836. The Morgan fingerprint density at radius 1 is 1.31 bits per heavy atom. The van der Waals surface area contributed by atoms with Gasteiger partial charge in [-0.25, -0.2) is 4.98 Å². The van der Waals surface area contributed by atoms with Crippen LogP contribution in [0.5, 0.6) is 0 Å². The SMILES string of the molecule is Cc1cccc(Nc2ncc(Cl)cc2N)c1. The highest BCUT2D eigenvalue weighted by atomic mass is 35.5. The molecule has 4 heteroatoms. The Morgan fingerprint density at radius 2 is 2.12 bits per heavy atom. The normalized spacial score (nSPS) is 10.1. The van der Waals surface area contributed by atoms with E-state index in [0.29, 0.717) is 16.5 Å². The second kappa shape index (κ2) is 4.41. The summed E-state index contributed by atoms with van der Waals surface area (Å²) in [4.78, 5) is 4.13. The Balaban J connectivity index is 2.27. The van der Waals surface area contributed by atoms with Crippen LogP contribution in [0.1, 0.15) is 5.56 Å². The van der Waals surface area contributed by atoms with Gasteiger partial charge in [0, 0.05) is 11.9 Å². The van der Waals surface area contributed by atoms with Gasteiger partial charge in [-0.3, -0.25) is 0 Å². The molecule has 0 atom stereocenters. The maximum atomic E-state index is 5.80. The maximum absolute atomic E-state index is 5.80. The number of nitrogens with two attached hydrogens (primary N) is 1. The third-order valence-electron chi connectivity index (χ3n) is 2.16. The molecule has 0 fully saturated rings. The van der Waals surface area contributed by atoms with E-state index < -0.39 is 0 Å². The Labute approximate surface area is 99.3 Å². The van der Waals surface area contributed by atoms with Crippen LogP contribution in [0.3, 0.4) is 0 Å². The lowest BCUT2D eigenvalue weighted by Gasteiger charge is -2.08. The lowest BCUT2D eigenvalue weighted by Crippen LogP contribution is -1.98. The lowest BCUT2D eigenvalue weighted by atomic mass is 10.2. The van der Waals surface area contributed by atoms with Gasteiger partial charge in [-0.1, -0.05) is 23.7 Å². The fraction of sp³-hybridized carbons (Fsp3) is 0.0833. The maximum Gasteiger partial charge on any atom is 0.153 e. The van der Waals surface area contributed by atoms with Crippen LogP contribution in [-0.2, 0) is 0 Å². The van der Waals surface area contributed by atoms with Gasteiger partial charge in [-0.05, 0) is 30.7 Å². The van der Waals surface area contributed by atoms with Crippen molar-refractivity contribution in [2.24, 2.45) is 0 Å². The van der Waals surface area contributed by atoms with Crippen LogP contribution in [0, 0.1) is 6.92 Å². The van der Waals surface area contributed by atoms with Gasteiger partial charge in [-0.2, -0.15) is 0 Å². The number of halogens is 1. The predicted molar refractivity (Wildman–Crippen MR) is 68.1 cm³/mol. The average molecular weight is 234 g/mol. The fourth-order valence-electron chi connectivity index (χ4n) is 1.42. The molecule has 0 spiro atoms. The summed E-state index contributed by atoms with van der Waals surface area (Å²) in [5.41, 5.74) is 8.47. The van der Waals surface area contributed by atoms with E-state index in [0.717, 1.165) is 5.69 Å². The summed E-state index contributed by atoms with van der Waals surface area (Å²) in [6.45, 7) is 2.03. The van der Waals surface area contributed by atoms with Crippen LogP contribution in [0.15, 0.2) is 36.5 Å². The number of hydrogen-bond acceptors (Lipinski definition) is 3. The third kappa shape index (κ3) is 2.44. The second-order valence-corrected chi connectivity index (χ2v) is 4.02. The largest absolute Gasteiger partial charge is 0.396 e. The summed E-state index contributed by atoms with van der Waals surface area (Å²) in [7, 11) is 0. The highest BCUT2D eigenvalue weighted by molar-refractivity contribution is 6.30. The molecular formula is C12H12ClN3. The summed E-state index contributed by atoms with van der Waals surface area (Å²) in [6.07, 6.45) is 1.57. The molecule has 3 nitrogen and oxygen atoms in total. The van der Waals surface area contributed by atoms with Crippen LogP contribution < -0.4 is 11.1 Å². The standard InChI is InChI=1S/C12H12ClN3/c1-8-3-2-4-10(5-8)16-12-11(14)6-9(13)7-15-12/h2-7H,14H2,1H3,(H,15,16). The van der Waals surface area contributed by atoms with E-state index in [4.69, 9.17) is 17.3 Å². The van der Waals surface area contributed by atoms with Crippen molar-refractivity contribution in [3.63, 3.8) is 0 Å². The van der Waals surface area contributed by atoms with Gasteiger partial charge in [0.25, 0.3) is 0 Å². The van der Waals surface area contributed by atoms with Crippen molar-refractivity contribution in [1.29, 1.82) is 0 Å². The first-order valence-electron chi connectivity index (χ1n) is 4.90. The number of aromatic nitrogens is 1. The first-order valence-corrected chi connectivity index (χ1v) is 5.27. The lowest BCUT2D eigenvalue weighted by molar-refractivity contribution is 1.31. The number of nitrogen functional groups attached to an aromatic ring is 1. The van der Waals surface area contributed by atoms with Crippen molar-refractivity contribution >= 4 is 28.8 Å². The summed E-state index contributed by atoms with van der Waals surface area (Å²) in [6, 6.07) is 9.67. The van der Waals surface area contributed by atoms with Crippen molar-refractivity contribution < 1.29 is 0 Å². The minimum Gasteiger partial charge on any atom is -0.396 e. The number of rotatable bonds is 2. The van der Waals surface area contributed by atoms with Gasteiger partial charge in [0.05, 0.1) is 10.7 Å². The molecule has 0 aliphatic carbocycles. The molecule has 2 aromatic rings. The molecule has 3 N–H and O–H groups in total. The second-order valence-electron chi connectivity index (χ2n) is 3.59. The number of nitrogens with zero attached hydrogens (tertiary/aromatic N) is 1. The average Bonchev–Trinajstić information content (AvgIpc) is 2.22. The Hall–Kier alpha value is -1.74. The zero-order valence-corrected chi connectivity index (χ0v) is 9.62. The highest BCUT2D eigenvalue weighted by Gasteiger charge is 2.02. The van der Waals surface area contributed by atoms with E-state index in [9.17, 15) is 0 Å². The van der Waals surface area contributed by atoms with E-state index >= 15 is 0 Å². The molecule has 16 heavy (non-hydrogen) atoms.